The third-order valence-corrected chi connectivity index (χ3v) is 5.59. The molecule has 3 aromatic rings. The molecular weight excluding hydrogens is 390 g/mol. The van der Waals surface area contributed by atoms with Crippen LogP contribution in [0.5, 0.6) is 11.8 Å². The molecule has 0 saturated carbocycles. The number of aromatic nitrogens is 1. The standard InChI is InChI=1S/C23H22F2N2O3/c1-12-7-8-17-16(12)5-4-6-21(17)30-23-27-20(11-29-23)22(28)26-14(3)15-9-18(24)13(2)19(25)10-15/h4-6,9-12,14H,7-8H2,1-3H3,(H,26,28). The highest BCUT2D eigenvalue weighted by Crippen LogP contribution is 2.39. The zero-order valence-corrected chi connectivity index (χ0v) is 17.0. The van der Waals surface area contributed by atoms with E-state index in [0.29, 0.717) is 17.2 Å². The van der Waals surface area contributed by atoms with Gasteiger partial charge in [-0.3, -0.25) is 4.79 Å². The van der Waals surface area contributed by atoms with E-state index in [2.05, 4.69) is 23.3 Å². The molecule has 156 valence electrons. The van der Waals surface area contributed by atoms with Crippen LogP contribution in [0, 0.1) is 18.6 Å². The lowest BCUT2D eigenvalue weighted by Gasteiger charge is -2.14. The Kier molecular flexibility index (Phi) is 5.28. The summed E-state index contributed by atoms with van der Waals surface area (Å²) in [5.41, 5.74) is 2.66. The Hall–Kier alpha value is -3.22. The van der Waals surface area contributed by atoms with Crippen molar-refractivity contribution in [2.45, 2.75) is 45.6 Å². The van der Waals surface area contributed by atoms with Crippen molar-refractivity contribution in [3.05, 3.63) is 76.2 Å². The van der Waals surface area contributed by atoms with Crippen LogP contribution < -0.4 is 10.1 Å². The van der Waals surface area contributed by atoms with E-state index in [-0.39, 0.29) is 17.3 Å². The van der Waals surface area contributed by atoms with Crippen LogP contribution in [0.15, 0.2) is 41.0 Å². The average Bonchev–Trinajstić information content (AvgIpc) is 3.33. The van der Waals surface area contributed by atoms with Gasteiger partial charge in [0.25, 0.3) is 5.91 Å². The van der Waals surface area contributed by atoms with Gasteiger partial charge in [-0.1, -0.05) is 19.1 Å². The maximum absolute atomic E-state index is 13.8. The molecule has 1 amide bonds. The van der Waals surface area contributed by atoms with E-state index in [0.717, 1.165) is 18.4 Å². The second-order valence-electron chi connectivity index (χ2n) is 7.67. The lowest BCUT2D eigenvalue weighted by atomic mass is 10.0. The molecule has 0 bridgehead atoms. The third-order valence-electron chi connectivity index (χ3n) is 5.59. The topological polar surface area (TPSA) is 64.4 Å². The van der Waals surface area contributed by atoms with Gasteiger partial charge in [0.05, 0.1) is 6.04 Å². The molecule has 2 aromatic carbocycles. The van der Waals surface area contributed by atoms with E-state index in [1.54, 1.807) is 6.92 Å². The van der Waals surface area contributed by atoms with Crippen molar-refractivity contribution in [3.63, 3.8) is 0 Å². The number of carbonyl (C=O) groups is 1. The first-order chi connectivity index (χ1) is 14.3. The van der Waals surface area contributed by atoms with E-state index >= 15 is 0 Å². The smallest absolute Gasteiger partial charge is 0.399 e. The zero-order valence-electron chi connectivity index (χ0n) is 17.0. The molecule has 0 radical (unpaired) electrons. The van der Waals surface area contributed by atoms with Gasteiger partial charge < -0.3 is 14.5 Å². The van der Waals surface area contributed by atoms with Gasteiger partial charge in [0, 0.05) is 5.56 Å². The Morgan fingerprint density at radius 2 is 2.03 bits per heavy atom. The lowest BCUT2D eigenvalue weighted by molar-refractivity contribution is 0.0934. The largest absolute Gasteiger partial charge is 0.416 e. The maximum Gasteiger partial charge on any atom is 0.399 e. The molecule has 2 unspecified atom stereocenters. The number of amides is 1. The highest BCUT2D eigenvalue weighted by Gasteiger charge is 2.23. The fourth-order valence-corrected chi connectivity index (χ4v) is 3.70. The molecule has 30 heavy (non-hydrogen) atoms. The van der Waals surface area contributed by atoms with Crippen molar-refractivity contribution in [1.82, 2.24) is 10.3 Å². The summed E-state index contributed by atoms with van der Waals surface area (Å²) in [6.07, 6.45) is 3.14. The van der Waals surface area contributed by atoms with Gasteiger partial charge in [0.2, 0.25) is 0 Å². The quantitative estimate of drug-likeness (QED) is 0.593. The van der Waals surface area contributed by atoms with Gasteiger partial charge in [-0.2, -0.15) is 4.98 Å². The number of nitrogens with one attached hydrogen (secondary N) is 1. The summed E-state index contributed by atoms with van der Waals surface area (Å²) < 4.78 is 38.7. The molecule has 1 heterocycles. The SMILES string of the molecule is Cc1c(F)cc(C(C)NC(=O)c2coc(Oc3cccc4c3CCC4C)n2)cc1F. The minimum absolute atomic E-state index is 0.0193. The van der Waals surface area contributed by atoms with Gasteiger partial charge in [0.15, 0.2) is 5.69 Å². The summed E-state index contributed by atoms with van der Waals surface area (Å²) in [6.45, 7) is 5.17. The van der Waals surface area contributed by atoms with Crippen LogP contribution in [0.1, 0.15) is 65.0 Å². The van der Waals surface area contributed by atoms with Crippen molar-refractivity contribution in [3.8, 4) is 11.8 Å². The van der Waals surface area contributed by atoms with Crippen molar-refractivity contribution in [2.24, 2.45) is 0 Å². The molecule has 7 heteroatoms. The number of halogens is 2. The molecule has 1 aliphatic carbocycles. The Labute approximate surface area is 173 Å². The summed E-state index contributed by atoms with van der Waals surface area (Å²) >= 11 is 0. The summed E-state index contributed by atoms with van der Waals surface area (Å²) in [7, 11) is 0. The Balaban J connectivity index is 1.46. The van der Waals surface area contributed by atoms with E-state index in [9.17, 15) is 13.6 Å². The molecule has 4 rings (SSSR count). The van der Waals surface area contributed by atoms with Crippen LogP contribution >= 0.6 is 0 Å². The number of carbonyl (C=O) groups excluding carboxylic acids is 1. The summed E-state index contributed by atoms with van der Waals surface area (Å²) in [4.78, 5) is 16.6. The second kappa shape index (κ2) is 7.89. The van der Waals surface area contributed by atoms with E-state index in [4.69, 9.17) is 9.15 Å². The predicted octanol–water partition coefficient (Wildman–Crippen LogP) is 5.59. The van der Waals surface area contributed by atoms with E-state index in [1.807, 2.05) is 12.1 Å². The predicted molar refractivity (Wildman–Crippen MR) is 107 cm³/mol. The Morgan fingerprint density at radius 3 is 2.77 bits per heavy atom. The first-order valence-corrected chi connectivity index (χ1v) is 9.85. The van der Waals surface area contributed by atoms with Crippen LogP contribution in [-0.2, 0) is 6.42 Å². The Morgan fingerprint density at radius 1 is 1.30 bits per heavy atom. The van der Waals surface area contributed by atoms with Crippen molar-refractivity contribution in [1.29, 1.82) is 0 Å². The fourth-order valence-electron chi connectivity index (χ4n) is 3.70. The molecule has 1 aliphatic rings. The molecule has 0 saturated heterocycles. The van der Waals surface area contributed by atoms with Gasteiger partial charge in [-0.15, -0.1) is 0 Å². The number of benzene rings is 2. The number of hydrogen-bond donors (Lipinski definition) is 1. The Bertz CT molecular complexity index is 1090. The summed E-state index contributed by atoms with van der Waals surface area (Å²) in [5, 5.41) is 2.66. The minimum Gasteiger partial charge on any atom is -0.416 e. The van der Waals surface area contributed by atoms with E-state index in [1.165, 1.54) is 30.9 Å². The number of oxazole rings is 1. The molecule has 0 aliphatic heterocycles. The van der Waals surface area contributed by atoms with Crippen molar-refractivity contribution >= 4 is 5.91 Å². The van der Waals surface area contributed by atoms with Crippen LogP contribution in [0.4, 0.5) is 8.78 Å². The maximum atomic E-state index is 13.8. The van der Waals surface area contributed by atoms with Crippen LogP contribution in [-0.4, -0.2) is 10.9 Å². The highest BCUT2D eigenvalue weighted by molar-refractivity contribution is 5.92. The van der Waals surface area contributed by atoms with Crippen LogP contribution in [0.25, 0.3) is 0 Å². The fraction of sp³-hybridized carbons (Fsp3) is 0.304. The molecule has 5 nitrogen and oxygen atoms in total. The molecule has 1 aromatic heterocycles. The molecule has 0 spiro atoms. The first kappa shape index (κ1) is 20.1. The summed E-state index contributed by atoms with van der Waals surface area (Å²) in [6, 6.07) is 7.65. The van der Waals surface area contributed by atoms with E-state index < -0.39 is 23.6 Å². The van der Waals surface area contributed by atoms with Crippen molar-refractivity contribution < 1.29 is 22.7 Å². The highest BCUT2D eigenvalue weighted by atomic mass is 19.1. The number of fused-ring (bicyclic) bond motifs is 1. The van der Waals surface area contributed by atoms with Crippen LogP contribution in [0.3, 0.4) is 0 Å². The molecule has 1 N–H and O–H groups in total. The van der Waals surface area contributed by atoms with Gasteiger partial charge in [-0.05, 0) is 67.5 Å². The summed E-state index contributed by atoms with van der Waals surface area (Å²) in [5.74, 6) is -0.702. The van der Waals surface area contributed by atoms with Crippen molar-refractivity contribution in [2.75, 3.05) is 0 Å². The normalized spacial score (nSPS) is 16.2. The monoisotopic (exact) mass is 412 g/mol. The lowest BCUT2D eigenvalue weighted by Crippen LogP contribution is -2.27. The van der Waals surface area contributed by atoms with Crippen LogP contribution in [0.2, 0.25) is 0 Å². The van der Waals surface area contributed by atoms with Gasteiger partial charge >= 0.3 is 6.08 Å². The average molecular weight is 412 g/mol. The molecular formula is C23H22F2N2O3. The number of hydrogen-bond acceptors (Lipinski definition) is 4. The molecule has 2 atom stereocenters. The second-order valence-corrected chi connectivity index (χ2v) is 7.67. The first-order valence-electron chi connectivity index (χ1n) is 9.85. The third kappa shape index (κ3) is 3.79. The zero-order chi connectivity index (χ0) is 21.4. The number of ether oxygens (including phenoxy) is 1. The van der Waals surface area contributed by atoms with Gasteiger partial charge in [0.1, 0.15) is 23.6 Å². The molecule has 0 fully saturated rings. The number of rotatable bonds is 5. The number of nitrogens with zero attached hydrogens (tertiary/aromatic N) is 1. The minimum atomic E-state index is -0.659. The van der Waals surface area contributed by atoms with Gasteiger partial charge in [-0.25, -0.2) is 8.78 Å².